The third-order valence-corrected chi connectivity index (χ3v) is 10.6. The molecule has 0 aromatic carbocycles. The number of carboxylic acids is 1. The van der Waals surface area contributed by atoms with Crippen molar-refractivity contribution in [1.29, 1.82) is 0 Å². The first-order valence-corrected chi connectivity index (χ1v) is 24.6. The van der Waals surface area contributed by atoms with E-state index < -0.39 is 21.3 Å². The van der Waals surface area contributed by atoms with Gasteiger partial charge in [-0.05, 0) is 6.42 Å². The fourth-order valence-electron chi connectivity index (χ4n) is 5.72. The molecule has 0 bridgehead atoms. The van der Waals surface area contributed by atoms with Crippen molar-refractivity contribution in [2.45, 2.75) is 76.4 Å². The Kier molecular flexibility index (Phi) is 45.2. The van der Waals surface area contributed by atoms with Crippen LogP contribution in [-0.4, -0.2) is 232 Å². The summed E-state index contributed by atoms with van der Waals surface area (Å²) >= 11 is 0. The Morgan fingerprint density at radius 1 is 0.500 bits per heavy atom. The van der Waals surface area contributed by atoms with Crippen LogP contribution in [0.4, 0.5) is 0 Å². The minimum absolute atomic E-state index is 0.0124. The van der Waals surface area contributed by atoms with Crippen LogP contribution in [0.25, 0.3) is 0 Å². The summed E-state index contributed by atoms with van der Waals surface area (Å²) in [4.78, 5) is 22.8. The molecule has 1 atom stereocenters. The summed E-state index contributed by atoms with van der Waals surface area (Å²) in [5.74, 6) is -1.04. The van der Waals surface area contributed by atoms with E-state index >= 15 is 0 Å². The minimum Gasteiger partial charge on any atom is -0.748 e. The average Bonchev–Trinajstić information content (AvgIpc) is 3.24. The minimum atomic E-state index is -4.39. The number of hydrogen-bond acceptors (Lipinski definition) is 17. The van der Waals surface area contributed by atoms with Crippen LogP contribution in [-0.2, 0) is 76.5 Å². The SMILES string of the molecule is CCCCCCCCCC(CC[N+](C)(C)CC(=O)NCCOCCOCCOCCOCCOCCOCCOCCOCCOCCOCCOCCOCCC(=O)O)S(=O)(=O)[O-]. The van der Waals surface area contributed by atoms with Gasteiger partial charge in [0.2, 0.25) is 0 Å². The lowest BCUT2D eigenvalue weighted by Gasteiger charge is -2.31. The van der Waals surface area contributed by atoms with Gasteiger partial charge in [0.05, 0.1) is 201 Å². The fourth-order valence-corrected chi connectivity index (χ4v) is 6.57. The molecule has 0 saturated carbocycles. The molecular formula is C43H86N2O18S. The predicted molar refractivity (Wildman–Crippen MR) is 238 cm³/mol. The summed E-state index contributed by atoms with van der Waals surface area (Å²) in [6, 6.07) is 0. The van der Waals surface area contributed by atoms with Gasteiger partial charge in [-0.25, -0.2) is 8.42 Å². The van der Waals surface area contributed by atoms with Crippen LogP contribution in [0.1, 0.15) is 71.1 Å². The lowest BCUT2D eigenvalue weighted by molar-refractivity contribution is -0.882. The fraction of sp³-hybridized carbons (Fsp3) is 0.953. The molecule has 0 radical (unpaired) electrons. The van der Waals surface area contributed by atoms with E-state index in [1.807, 2.05) is 14.1 Å². The smallest absolute Gasteiger partial charge is 0.305 e. The van der Waals surface area contributed by atoms with Crippen LogP contribution in [0.5, 0.6) is 0 Å². The summed E-state index contributed by atoms with van der Waals surface area (Å²) in [5.41, 5.74) is 0. The number of carbonyl (C=O) groups is 2. The highest BCUT2D eigenvalue weighted by Gasteiger charge is 2.24. The molecule has 1 unspecified atom stereocenters. The van der Waals surface area contributed by atoms with E-state index in [0.717, 1.165) is 25.7 Å². The normalized spacial score (nSPS) is 12.6. The quantitative estimate of drug-likeness (QED) is 0.0506. The highest BCUT2D eigenvalue weighted by molar-refractivity contribution is 7.86. The van der Waals surface area contributed by atoms with Crippen LogP contribution in [0, 0.1) is 0 Å². The van der Waals surface area contributed by atoms with Crippen molar-refractivity contribution in [2.24, 2.45) is 0 Å². The zero-order valence-electron chi connectivity index (χ0n) is 39.5. The number of quaternary nitrogens is 1. The molecule has 2 N–H and O–H groups in total. The molecule has 1 amide bonds. The predicted octanol–water partition coefficient (Wildman–Crippen LogP) is 2.30. The van der Waals surface area contributed by atoms with Gasteiger partial charge < -0.3 is 76.3 Å². The molecule has 0 aliphatic rings. The molecule has 64 heavy (non-hydrogen) atoms. The molecule has 0 aromatic heterocycles. The van der Waals surface area contributed by atoms with E-state index in [9.17, 15) is 22.6 Å². The van der Waals surface area contributed by atoms with Crippen LogP contribution < -0.4 is 5.32 Å². The van der Waals surface area contributed by atoms with Gasteiger partial charge in [-0.3, -0.25) is 9.59 Å². The van der Waals surface area contributed by atoms with Gasteiger partial charge in [-0.1, -0.05) is 51.9 Å². The zero-order chi connectivity index (χ0) is 47.1. The second-order valence-corrected chi connectivity index (χ2v) is 17.1. The number of hydrogen-bond donors (Lipinski definition) is 2. The number of carbonyl (C=O) groups excluding carboxylic acids is 1. The number of rotatable bonds is 53. The van der Waals surface area contributed by atoms with Crippen LogP contribution in [0.2, 0.25) is 0 Å². The zero-order valence-corrected chi connectivity index (χ0v) is 40.3. The maximum absolute atomic E-state index is 12.5. The molecule has 0 heterocycles. The summed E-state index contributed by atoms with van der Waals surface area (Å²) in [6.07, 6.45) is 8.07. The highest BCUT2D eigenvalue weighted by Crippen LogP contribution is 2.17. The summed E-state index contributed by atoms with van der Waals surface area (Å²) in [6.45, 7) is 13.4. The van der Waals surface area contributed by atoms with Crippen LogP contribution in [0.15, 0.2) is 0 Å². The molecule has 0 saturated heterocycles. The first kappa shape index (κ1) is 62.3. The lowest BCUT2D eigenvalue weighted by Crippen LogP contribution is -2.49. The van der Waals surface area contributed by atoms with E-state index in [0.29, 0.717) is 176 Å². The summed E-state index contributed by atoms with van der Waals surface area (Å²) < 4.78 is 101. The Morgan fingerprint density at radius 3 is 1.14 bits per heavy atom. The monoisotopic (exact) mass is 951 g/mol. The third kappa shape index (κ3) is 48.3. The largest absolute Gasteiger partial charge is 0.748 e. The molecule has 0 aromatic rings. The van der Waals surface area contributed by atoms with Crippen molar-refractivity contribution in [3.8, 4) is 0 Å². The summed E-state index contributed by atoms with van der Waals surface area (Å²) in [5, 5.41) is 10.4. The average molecular weight is 951 g/mol. The number of amides is 1. The van der Waals surface area contributed by atoms with E-state index in [1.54, 1.807) is 0 Å². The third-order valence-electron chi connectivity index (χ3n) is 9.29. The molecule has 0 rings (SSSR count). The molecule has 0 fully saturated rings. The van der Waals surface area contributed by atoms with Gasteiger partial charge in [-0.15, -0.1) is 0 Å². The topological polar surface area (TPSA) is 234 Å². The standard InChI is InChI=1S/C43H86N2O18S/c1-4-5-6-7-8-9-10-11-41(64(49,50)51)12-15-45(2,3)40-42(46)44-14-17-53-19-21-55-23-25-57-27-29-59-31-33-61-35-37-63-39-38-62-36-34-60-32-30-58-28-26-56-24-22-54-20-18-52-16-13-43(47)48/h41H,4-40H2,1-3H3,(H2-,44,46,47,48,49,50,51). The van der Waals surface area contributed by atoms with Crippen LogP contribution >= 0.6 is 0 Å². The van der Waals surface area contributed by atoms with Crippen molar-refractivity contribution >= 4 is 22.0 Å². The second-order valence-electron chi connectivity index (χ2n) is 15.5. The molecule has 20 nitrogen and oxygen atoms in total. The Hall–Kier alpha value is -1.67. The molecule has 0 aliphatic heterocycles. The first-order valence-electron chi connectivity index (χ1n) is 23.2. The van der Waals surface area contributed by atoms with Gasteiger partial charge in [0.15, 0.2) is 6.54 Å². The van der Waals surface area contributed by atoms with Gasteiger partial charge >= 0.3 is 5.97 Å². The number of nitrogens with zero attached hydrogens (tertiary/aromatic N) is 1. The second kappa shape index (κ2) is 46.4. The Bertz CT molecular complexity index is 1140. The number of aliphatic carboxylic acids is 1. The number of nitrogens with one attached hydrogen (secondary N) is 1. The van der Waals surface area contributed by atoms with Crippen LogP contribution in [0.3, 0.4) is 0 Å². The Balaban J connectivity index is 3.41. The molecular weight excluding hydrogens is 865 g/mol. The number of carboxylic acid groups (broad SMARTS) is 1. The van der Waals surface area contributed by atoms with Gasteiger partial charge in [0, 0.05) is 13.0 Å². The van der Waals surface area contributed by atoms with Crippen molar-refractivity contribution in [1.82, 2.24) is 5.32 Å². The summed E-state index contributed by atoms with van der Waals surface area (Å²) in [7, 11) is -0.662. The van der Waals surface area contributed by atoms with E-state index in [4.69, 9.17) is 61.9 Å². The maximum Gasteiger partial charge on any atom is 0.305 e. The molecule has 382 valence electrons. The van der Waals surface area contributed by atoms with Gasteiger partial charge in [0.1, 0.15) is 0 Å². The van der Waals surface area contributed by atoms with E-state index in [2.05, 4.69) is 12.2 Å². The van der Waals surface area contributed by atoms with Crippen molar-refractivity contribution in [2.75, 3.05) is 192 Å². The maximum atomic E-state index is 12.5. The van der Waals surface area contributed by atoms with E-state index in [1.165, 1.54) is 19.3 Å². The first-order chi connectivity index (χ1) is 31.0. The van der Waals surface area contributed by atoms with Gasteiger partial charge in [0.25, 0.3) is 5.91 Å². The van der Waals surface area contributed by atoms with Crippen molar-refractivity contribution in [3.63, 3.8) is 0 Å². The lowest BCUT2D eigenvalue weighted by atomic mass is 10.1. The van der Waals surface area contributed by atoms with E-state index in [-0.39, 0.29) is 31.9 Å². The highest BCUT2D eigenvalue weighted by atomic mass is 32.2. The van der Waals surface area contributed by atoms with Gasteiger partial charge in [-0.2, -0.15) is 0 Å². The molecule has 0 spiro atoms. The Labute approximate surface area is 384 Å². The molecule has 21 heteroatoms. The van der Waals surface area contributed by atoms with Crippen molar-refractivity contribution in [3.05, 3.63) is 0 Å². The molecule has 0 aliphatic carbocycles. The Morgan fingerprint density at radius 2 is 0.812 bits per heavy atom. The van der Waals surface area contributed by atoms with Crippen molar-refractivity contribution < 1.29 is 89.0 Å². The number of likely N-dealkylation sites (N-methyl/N-ethyl adjacent to an activating group) is 1. The number of ether oxygens (including phenoxy) is 12. The number of unbranched alkanes of at least 4 members (excludes halogenated alkanes) is 6.